The van der Waals surface area contributed by atoms with Gasteiger partial charge in [-0.1, -0.05) is 36.4 Å². The van der Waals surface area contributed by atoms with Crippen LogP contribution in [0.5, 0.6) is 0 Å². The van der Waals surface area contributed by atoms with Crippen molar-refractivity contribution in [1.29, 1.82) is 5.26 Å². The molecule has 0 spiro atoms. The minimum Gasteiger partial charge on any atom is -0.356 e. The Morgan fingerprint density at radius 1 is 1.21 bits per heavy atom. The number of carbonyl (C=O) groups excluding carboxylic acids is 1. The SMILES string of the molecule is N#CCc1cccc(-c2ccc(S(=O)(=O)CC3CCOC(N(O)C=O)C3)cc2)c1. The fraction of sp³-hybridized carbons (Fsp3) is 0.333. The third-order valence-electron chi connectivity index (χ3n) is 4.99. The van der Waals surface area contributed by atoms with Crippen LogP contribution in [0.25, 0.3) is 11.1 Å². The van der Waals surface area contributed by atoms with Crippen molar-refractivity contribution in [2.75, 3.05) is 12.4 Å². The van der Waals surface area contributed by atoms with Gasteiger partial charge in [0.2, 0.25) is 6.41 Å². The molecular formula is C21H22N2O5S. The zero-order valence-corrected chi connectivity index (χ0v) is 16.6. The Balaban J connectivity index is 1.72. The molecule has 0 bridgehead atoms. The number of benzene rings is 2. The lowest BCUT2D eigenvalue weighted by atomic mass is 10.0. The predicted molar refractivity (Wildman–Crippen MR) is 105 cm³/mol. The molecule has 1 heterocycles. The number of rotatable bonds is 7. The van der Waals surface area contributed by atoms with Crippen molar-refractivity contribution >= 4 is 16.2 Å². The van der Waals surface area contributed by atoms with E-state index in [1.54, 1.807) is 24.3 Å². The number of hydrogen-bond acceptors (Lipinski definition) is 6. The monoisotopic (exact) mass is 414 g/mol. The number of sulfone groups is 1. The third kappa shape index (κ3) is 5.21. The molecule has 2 aromatic rings. The smallest absolute Gasteiger partial charge is 0.235 e. The molecule has 2 atom stereocenters. The number of hydrogen-bond donors (Lipinski definition) is 1. The molecule has 152 valence electrons. The lowest BCUT2D eigenvalue weighted by Crippen LogP contribution is -2.40. The zero-order chi connectivity index (χ0) is 20.9. The molecule has 1 saturated heterocycles. The van der Waals surface area contributed by atoms with Crippen molar-refractivity contribution in [3.05, 3.63) is 54.1 Å². The molecule has 1 N–H and O–H groups in total. The molecule has 0 saturated carbocycles. The largest absolute Gasteiger partial charge is 0.356 e. The molecule has 7 nitrogen and oxygen atoms in total. The van der Waals surface area contributed by atoms with E-state index < -0.39 is 16.1 Å². The van der Waals surface area contributed by atoms with Gasteiger partial charge in [0.15, 0.2) is 16.1 Å². The molecular weight excluding hydrogens is 392 g/mol. The fourth-order valence-electron chi connectivity index (χ4n) is 3.46. The van der Waals surface area contributed by atoms with Gasteiger partial charge in [-0.15, -0.1) is 0 Å². The Morgan fingerprint density at radius 3 is 2.66 bits per heavy atom. The summed E-state index contributed by atoms with van der Waals surface area (Å²) in [7, 11) is -3.52. The number of nitrogens with zero attached hydrogens (tertiary/aromatic N) is 2. The summed E-state index contributed by atoms with van der Waals surface area (Å²) in [6.07, 6.45) is 0.572. The fourth-order valence-corrected chi connectivity index (χ4v) is 5.13. The average Bonchev–Trinajstić information content (AvgIpc) is 2.73. The van der Waals surface area contributed by atoms with Crippen molar-refractivity contribution < 1.29 is 23.2 Å². The van der Waals surface area contributed by atoms with Gasteiger partial charge in [0, 0.05) is 6.61 Å². The second-order valence-corrected chi connectivity index (χ2v) is 9.08. The molecule has 29 heavy (non-hydrogen) atoms. The van der Waals surface area contributed by atoms with E-state index in [0.29, 0.717) is 17.9 Å². The van der Waals surface area contributed by atoms with Gasteiger partial charge < -0.3 is 4.74 Å². The van der Waals surface area contributed by atoms with Gasteiger partial charge in [-0.2, -0.15) is 10.3 Å². The maximum atomic E-state index is 12.8. The van der Waals surface area contributed by atoms with E-state index in [4.69, 9.17) is 10.00 Å². The maximum absolute atomic E-state index is 12.8. The highest BCUT2D eigenvalue weighted by atomic mass is 32.2. The van der Waals surface area contributed by atoms with Crippen molar-refractivity contribution in [1.82, 2.24) is 5.06 Å². The summed E-state index contributed by atoms with van der Waals surface area (Å²) in [5, 5.41) is 18.8. The molecule has 1 aliphatic rings. The first-order chi connectivity index (χ1) is 13.9. The number of amides is 1. The topological polar surface area (TPSA) is 108 Å². The quantitative estimate of drug-likeness (QED) is 0.424. The number of hydroxylamine groups is 2. The van der Waals surface area contributed by atoms with Crippen molar-refractivity contribution in [2.24, 2.45) is 5.92 Å². The Morgan fingerprint density at radius 2 is 1.97 bits per heavy atom. The lowest BCUT2D eigenvalue weighted by Gasteiger charge is -2.31. The van der Waals surface area contributed by atoms with Crippen LogP contribution < -0.4 is 0 Å². The van der Waals surface area contributed by atoms with Crippen molar-refractivity contribution in [3.8, 4) is 17.2 Å². The standard InChI is InChI=1S/C21H22N2O5S/c22-10-8-16-2-1-3-19(12-16)18-4-6-20(7-5-18)29(26,27)14-17-9-11-28-21(13-17)23(25)15-24/h1-7,12,15,17,21,25H,8-9,11,13-14H2. The minimum atomic E-state index is -3.52. The Bertz CT molecular complexity index is 998. The van der Waals surface area contributed by atoms with Crippen LogP contribution in [0, 0.1) is 17.2 Å². The molecule has 1 amide bonds. The summed E-state index contributed by atoms with van der Waals surface area (Å²) in [6.45, 7) is 0.285. The Hall–Kier alpha value is -2.73. The predicted octanol–water partition coefficient (Wildman–Crippen LogP) is 2.79. The lowest BCUT2D eigenvalue weighted by molar-refractivity contribution is -0.219. The summed E-state index contributed by atoms with van der Waals surface area (Å²) < 4.78 is 30.9. The molecule has 1 aliphatic heterocycles. The highest BCUT2D eigenvalue weighted by Crippen LogP contribution is 2.27. The molecule has 2 aromatic carbocycles. The van der Waals surface area contributed by atoms with Crippen LogP contribution in [0.3, 0.4) is 0 Å². The van der Waals surface area contributed by atoms with Gasteiger partial charge in [-0.25, -0.2) is 8.42 Å². The first-order valence-corrected chi connectivity index (χ1v) is 10.9. The summed E-state index contributed by atoms with van der Waals surface area (Å²) in [6, 6.07) is 16.4. The van der Waals surface area contributed by atoms with E-state index in [2.05, 4.69) is 6.07 Å². The van der Waals surface area contributed by atoms with Crippen molar-refractivity contribution in [2.45, 2.75) is 30.4 Å². The molecule has 3 rings (SSSR count). The van der Waals surface area contributed by atoms with Gasteiger partial charge in [-0.3, -0.25) is 10.0 Å². The maximum Gasteiger partial charge on any atom is 0.235 e. The van der Waals surface area contributed by atoms with Crippen LogP contribution in [0.2, 0.25) is 0 Å². The van der Waals surface area contributed by atoms with Crippen LogP contribution in [0.1, 0.15) is 18.4 Å². The minimum absolute atomic E-state index is 0.0729. The third-order valence-corrected chi connectivity index (χ3v) is 6.89. The number of carbonyl (C=O) groups is 1. The van der Waals surface area contributed by atoms with Crippen LogP contribution in [-0.2, 0) is 25.8 Å². The van der Waals surface area contributed by atoms with E-state index >= 15 is 0 Å². The van der Waals surface area contributed by atoms with E-state index in [9.17, 15) is 18.4 Å². The van der Waals surface area contributed by atoms with Crippen LogP contribution in [-0.4, -0.2) is 43.7 Å². The average molecular weight is 414 g/mol. The van der Waals surface area contributed by atoms with Crippen molar-refractivity contribution in [3.63, 3.8) is 0 Å². The van der Waals surface area contributed by atoms with E-state index in [0.717, 1.165) is 16.7 Å². The summed E-state index contributed by atoms with van der Waals surface area (Å²) >= 11 is 0. The van der Waals surface area contributed by atoms with Gasteiger partial charge in [-0.05, 0) is 47.6 Å². The second-order valence-electron chi connectivity index (χ2n) is 7.04. The van der Waals surface area contributed by atoms with Gasteiger partial charge in [0.1, 0.15) is 0 Å². The van der Waals surface area contributed by atoms with E-state index in [-0.39, 0.29) is 36.0 Å². The van der Waals surface area contributed by atoms with E-state index in [1.807, 2.05) is 24.3 Å². The van der Waals surface area contributed by atoms with E-state index in [1.165, 1.54) is 0 Å². The molecule has 1 fully saturated rings. The Labute approximate surface area is 170 Å². The van der Waals surface area contributed by atoms with Gasteiger partial charge in [0.05, 0.1) is 23.1 Å². The van der Waals surface area contributed by atoms with Gasteiger partial charge in [0.25, 0.3) is 0 Å². The summed E-state index contributed by atoms with van der Waals surface area (Å²) in [5.74, 6) is -0.285. The molecule has 0 radical (unpaired) electrons. The van der Waals surface area contributed by atoms with Crippen LogP contribution >= 0.6 is 0 Å². The number of ether oxygens (including phenoxy) is 1. The molecule has 8 heteroatoms. The second kappa shape index (κ2) is 9.18. The highest BCUT2D eigenvalue weighted by molar-refractivity contribution is 7.91. The molecule has 0 aromatic heterocycles. The molecule has 2 unspecified atom stereocenters. The van der Waals surface area contributed by atoms with Crippen LogP contribution in [0.15, 0.2) is 53.4 Å². The zero-order valence-electron chi connectivity index (χ0n) is 15.8. The van der Waals surface area contributed by atoms with Crippen LogP contribution in [0.4, 0.5) is 0 Å². The Kier molecular flexibility index (Phi) is 6.64. The first-order valence-electron chi connectivity index (χ1n) is 9.26. The highest BCUT2D eigenvalue weighted by Gasteiger charge is 2.30. The molecule has 0 aliphatic carbocycles. The first kappa shape index (κ1) is 21.0. The summed E-state index contributed by atoms with van der Waals surface area (Å²) in [5.41, 5.74) is 2.70. The van der Waals surface area contributed by atoms with Gasteiger partial charge >= 0.3 is 0 Å². The number of nitriles is 1. The normalized spacial score (nSPS) is 19.3. The summed E-state index contributed by atoms with van der Waals surface area (Å²) in [4.78, 5) is 10.9.